The van der Waals surface area contributed by atoms with Gasteiger partial charge in [-0.25, -0.2) is 5.43 Å². The van der Waals surface area contributed by atoms with Gasteiger partial charge in [0.1, 0.15) is 17.1 Å². The summed E-state index contributed by atoms with van der Waals surface area (Å²) in [6.45, 7) is 3.82. The summed E-state index contributed by atoms with van der Waals surface area (Å²) in [7, 11) is 0. The van der Waals surface area contributed by atoms with Crippen molar-refractivity contribution in [3.05, 3.63) is 69.3 Å². The minimum Gasteiger partial charge on any atom is -0.506 e. The van der Waals surface area contributed by atoms with E-state index < -0.39 is 16.4 Å². The Hall–Kier alpha value is -3.68. The third kappa shape index (κ3) is 3.95. The summed E-state index contributed by atoms with van der Waals surface area (Å²) in [5.41, 5.74) is 2.94. The highest BCUT2D eigenvalue weighted by molar-refractivity contribution is 5.95. The molecule has 138 valence electrons. The second kappa shape index (κ2) is 6.91. The first-order chi connectivity index (χ1) is 12.8. The van der Waals surface area contributed by atoms with E-state index in [0.717, 1.165) is 0 Å². The zero-order valence-corrected chi connectivity index (χ0v) is 14.7. The number of hydrogen-bond donors (Lipinski definition) is 2. The lowest BCUT2D eigenvalue weighted by atomic mass is 10.00. The second-order valence-electron chi connectivity index (χ2n) is 6.46. The number of hydrazone groups is 1. The number of rotatable bonds is 4. The van der Waals surface area contributed by atoms with Gasteiger partial charge in [0.2, 0.25) is 0 Å². The molecule has 2 N–H and O–H groups in total. The van der Waals surface area contributed by atoms with Crippen LogP contribution in [-0.2, 0) is 0 Å². The van der Waals surface area contributed by atoms with Crippen LogP contribution in [0.2, 0.25) is 0 Å². The molecule has 0 radical (unpaired) electrons. The SMILES string of the molecule is CC1(C)C=Cc2c(ccc(/C=N/NC(=O)c3ccc([N+](=O)[O-])cc3)c2O)O1. The Morgan fingerprint density at radius 2 is 1.96 bits per heavy atom. The van der Waals surface area contributed by atoms with Crippen LogP contribution in [0, 0.1) is 10.1 Å². The van der Waals surface area contributed by atoms with Gasteiger partial charge in [-0.05, 0) is 50.3 Å². The standard InChI is InChI=1S/C19H17N3O5/c1-19(2)10-9-15-16(27-19)8-5-13(17(15)23)11-20-21-18(24)12-3-6-14(7-4-12)22(25)26/h3-11,23H,1-2H3,(H,21,24)/b20-11+. The van der Waals surface area contributed by atoms with E-state index in [1.165, 1.54) is 30.5 Å². The van der Waals surface area contributed by atoms with Gasteiger partial charge < -0.3 is 9.84 Å². The van der Waals surface area contributed by atoms with Crippen LogP contribution < -0.4 is 10.2 Å². The number of aromatic hydroxyl groups is 1. The van der Waals surface area contributed by atoms with Gasteiger partial charge in [-0.2, -0.15) is 5.10 Å². The van der Waals surface area contributed by atoms with Crippen LogP contribution in [0.4, 0.5) is 5.69 Å². The molecule has 0 aliphatic carbocycles. The molecule has 1 aliphatic rings. The molecule has 1 aliphatic heterocycles. The average molecular weight is 367 g/mol. The molecule has 0 spiro atoms. The number of phenolic OH excluding ortho intramolecular Hbond substituents is 1. The number of benzene rings is 2. The molecule has 0 unspecified atom stereocenters. The lowest BCUT2D eigenvalue weighted by molar-refractivity contribution is -0.384. The number of nitro benzene ring substituents is 1. The third-order valence-electron chi connectivity index (χ3n) is 3.94. The number of ether oxygens (including phenoxy) is 1. The van der Waals surface area contributed by atoms with E-state index in [2.05, 4.69) is 10.5 Å². The molecule has 0 saturated carbocycles. The monoisotopic (exact) mass is 367 g/mol. The highest BCUT2D eigenvalue weighted by Crippen LogP contribution is 2.37. The maximum atomic E-state index is 12.0. The Labute approximate surface area is 154 Å². The summed E-state index contributed by atoms with van der Waals surface area (Å²) >= 11 is 0. The Bertz CT molecular complexity index is 962. The molecule has 0 aromatic heterocycles. The highest BCUT2D eigenvalue weighted by atomic mass is 16.6. The molecule has 0 bridgehead atoms. The van der Waals surface area contributed by atoms with Crippen LogP contribution in [0.5, 0.6) is 11.5 Å². The quantitative estimate of drug-likeness (QED) is 0.489. The van der Waals surface area contributed by atoms with Gasteiger partial charge in [-0.1, -0.05) is 0 Å². The van der Waals surface area contributed by atoms with E-state index >= 15 is 0 Å². The molecular formula is C19H17N3O5. The number of nitrogens with one attached hydrogen (secondary N) is 1. The lowest BCUT2D eigenvalue weighted by Gasteiger charge is -2.28. The summed E-state index contributed by atoms with van der Waals surface area (Å²) in [4.78, 5) is 22.1. The van der Waals surface area contributed by atoms with E-state index in [-0.39, 0.29) is 17.0 Å². The van der Waals surface area contributed by atoms with Crippen LogP contribution in [0.3, 0.4) is 0 Å². The lowest BCUT2D eigenvalue weighted by Crippen LogP contribution is -2.27. The predicted molar refractivity (Wildman–Crippen MR) is 100 cm³/mol. The normalized spacial score (nSPS) is 14.4. The van der Waals surface area contributed by atoms with Crippen molar-refractivity contribution in [3.8, 4) is 11.5 Å². The fraction of sp³-hybridized carbons (Fsp3) is 0.158. The van der Waals surface area contributed by atoms with E-state index in [1.54, 1.807) is 18.2 Å². The van der Waals surface area contributed by atoms with Gasteiger partial charge in [0.05, 0.1) is 16.7 Å². The van der Waals surface area contributed by atoms with Crippen molar-refractivity contribution in [2.45, 2.75) is 19.4 Å². The molecule has 3 rings (SSSR count). The van der Waals surface area contributed by atoms with E-state index in [0.29, 0.717) is 16.9 Å². The Morgan fingerprint density at radius 1 is 1.26 bits per heavy atom. The first-order valence-corrected chi connectivity index (χ1v) is 8.09. The van der Waals surface area contributed by atoms with E-state index in [4.69, 9.17) is 4.74 Å². The molecule has 0 atom stereocenters. The summed E-state index contributed by atoms with van der Waals surface area (Å²) in [5.74, 6) is 0.0308. The molecule has 1 heterocycles. The molecule has 2 aromatic carbocycles. The third-order valence-corrected chi connectivity index (χ3v) is 3.94. The first-order valence-electron chi connectivity index (χ1n) is 8.09. The van der Waals surface area contributed by atoms with Crippen molar-refractivity contribution in [1.29, 1.82) is 0 Å². The average Bonchev–Trinajstić information content (AvgIpc) is 2.62. The minimum atomic E-state index is -0.544. The topological polar surface area (TPSA) is 114 Å². The number of nitro groups is 1. The summed E-state index contributed by atoms with van der Waals surface area (Å²) < 4.78 is 5.77. The number of non-ortho nitro benzene ring substituents is 1. The van der Waals surface area contributed by atoms with Gasteiger partial charge >= 0.3 is 0 Å². The van der Waals surface area contributed by atoms with Gasteiger partial charge in [0.25, 0.3) is 11.6 Å². The number of nitrogens with zero attached hydrogens (tertiary/aromatic N) is 2. The van der Waals surface area contributed by atoms with Crippen LogP contribution >= 0.6 is 0 Å². The molecule has 0 saturated heterocycles. The Kier molecular flexibility index (Phi) is 4.64. The van der Waals surface area contributed by atoms with Crippen LogP contribution in [0.15, 0.2) is 47.6 Å². The van der Waals surface area contributed by atoms with Crippen molar-refractivity contribution < 1.29 is 19.6 Å². The van der Waals surface area contributed by atoms with Gasteiger partial charge in [-0.3, -0.25) is 14.9 Å². The molecule has 8 nitrogen and oxygen atoms in total. The van der Waals surface area contributed by atoms with Gasteiger partial charge in [-0.15, -0.1) is 0 Å². The number of phenols is 1. The van der Waals surface area contributed by atoms with Crippen molar-refractivity contribution in [2.24, 2.45) is 5.10 Å². The van der Waals surface area contributed by atoms with E-state index in [9.17, 15) is 20.0 Å². The van der Waals surface area contributed by atoms with Crippen molar-refractivity contribution in [1.82, 2.24) is 5.43 Å². The van der Waals surface area contributed by atoms with Crippen LogP contribution in [0.1, 0.15) is 35.3 Å². The number of hydrogen-bond acceptors (Lipinski definition) is 6. The maximum Gasteiger partial charge on any atom is 0.271 e. The number of carbonyl (C=O) groups is 1. The van der Waals surface area contributed by atoms with E-state index in [1.807, 2.05) is 19.9 Å². The van der Waals surface area contributed by atoms with Crippen LogP contribution in [0.25, 0.3) is 6.08 Å². The second-order valence-corrected chi connectivity index (χ2v) is 6.46. The smallest absolute Gasteiger partial charge is 0.271 e. The Morgan fingerprint density at radius 3 is 2.63 bits per heavy atom. The largest absolute Gasteiger partial charge is 0.506 e. The molecule has 27 heavy (non-hydrogen) atoms. The Balaban J connectivity index is 1.71. The minimum absolute atomic E-state index is 0.00687. The fourth-order valence-corrected chi connectivity index (χ4v) is 2.52. The van der Waals surface area contributed by atoms with Gasteiger partial charge in [0.15, 0.2) is 0 Å². The number of carbonyl (C=O) groups excluding carboxylic acids is 1. The molecule has 1 amide bonds. The van der Waals surface area contributed by atoms with Crippen molar-refractivity contribution in [3.63, 3.8) is 0 Å². The molecule has 2 aromatic rings. The molecule has 0 fully saturated rings. The summed E-state index contributed by atoms with van der Waals surface area (Å²) in [6, 6.07) is 8.50. The fourth-order valence-electron chi connectivity index (χ4n) is 2.52. The number of fused-ring (bicyclic) bond motifs is 1. The zero-order chi connectivity index (χ0) is 19.6. The zero-order valence-electron chi connectivity index (χ0n) is 14.7. The summed E-state index contributed by atoms with van der Waals surface area (Å²) in [6.07, 6.45) is 4.93. The number of amides is 1. The molecule has 8 heteroatoms. The highest BCUT2D eigenvalue weighted by Gasteiger charge is 2.24. The van der Waals surface area contributed by atoms with Crippen LogP contribution in [-0.4, -0.2) is 27.8 Å². The predicted octanol–water partition coefficient (Wildman–Crippen LogP) is 3.25. The van der Waals surface area contributed by atoms with Gasteiger partial charge in [0, 0.05) is 23.3 Å². The summed E-state index contributed by atoms with van der Waals surface area (Å²) in [5, 5.41) is 24.8. The molecular weight excluding hydrogens is 350 g/mol. The first kappa shape index (κ1) is 18.1. The maximum absolute atomic E-state index is 12.0. The van der Waals surface area contributed by atoms with Crippen molar-refractivity contribution >= 4 is 23.9 Å². The van der Waals surface area contributed by atoms with Crippen molar-refractivity contribution in [2.75, 3.05) is 0 Å².